The summed E-state index contributed by atoms with van der Waals surface area (Å²) in [6.45, 7) is 1.89. The number of benzene rings is 2. The largest absolute Gasteiger partial charge is 0.462 e. The Labute approximate surface area is 161 Å². The monoisotopic (exact) mass is 393 g/mol. The summed E-state index contributed by atoms with van der Waals surface area (Å²) in [6, 6.07) is 9.82. The highest BCUT2D eigenvalue weighted by Gasteiger charge is 2.15. The van der Waals surface area contributed by atoms with Crippen LogP contribution in [0.4, 0.5) is 14.5 Å². The molecule has 0 N–H and O–H groups in total. The van der Waals surface area contributed by atoms with Crippen LogP contribution in [0, 0.1) is 11.6 Å². The van der Waals surface area contributed by atoms with Crippen molar-refractivity contribution in [3.8, 4) is 0 Å². The molecule has 0 radical (unpaired) electrons. The molecule has 0 heterocycles. The first-order valence-corrected chi connectivity index (χ1v) is 9.52. The number of hydrogen-bond donors (Lipinski definition) is 0. The lowest BCUT2D eigenvalue weighted by molar-refractivity contribution is -0.118. The third-order valence-corrected chi connectivity index (χ3v) is 4.96. The molecule has 0 saturated heterocycles. The van der Waals surface area contributed by atoms with E-state index in [1.807, 2.05) is 0 Å². The fourth-order valence-electron chi connectivity index (χ4n) is 2.40. The zero-order valence-corrected chi connectivity index (χ0v) is 16.0. The van der Waals surface area contributed by atoms with Crippen LogP contribution < -0.4 is 4.90 Å². The van der Waals surface area contributed by atoms with E-state index in [1.165, 1.54) is 40.9 Å². The van der Waals surface area contributed by atoms with Gasteiger partial charge in [-0.25, -0.2) is 13.6 Å². The third-order valence-electron chi connectivity index (χ3n) is 3.80. The number of nitrogens with zero attached hydrogens (tertiary/aromatic N) is 1. The van der Waals surface area contributed by atoms with E-state index < -0.39 is 17.6 Å². The van der Waals surface area contributed by atoms with Crippen molar-refractivity contribution in [3.63, 3.8) is 0 Å². The molecule has 0 fully saturated rings. The Morgan fingerprint density at radius 1 is 1.11 bits per heavy atom. The van der Waals surface area contributed by atoms with E-state index in [1.54, 1.807) is 26.1 Å². The maximum absolute atomic E-state index is 13.4. The molecule has 2 aromatic carbocycles. The Hall–Kier alpha value is -2.41. The topological polar surface area (TPSA) is 46.6 Å². The number of halogens is 2. The smallest absolute Gasteiger partial charge is 0.339 e. The van der Waals surface area contributed by atoms with Crippen LogP contribution in [0.2, 0.25) is 0 Å². The van der Waals surface area contributed by atoms with Gasteiger partial charge in [0.05, 0.1) is 12.2 Å². The zero-order chi connectivity index (χ0) is 19.8. The minimum atomic E-state index is -0.568. The number of rotatable bonds is 8. The molecule has 27 heavy (non-hydrogen) atoms. The van der Waals surface area contributed by atoms with Gasteiger partial charge in [-0.1, -0.05) is 6.07 Å². The molecule has 0 bridgehead atoms. The van der Waals surface area contributed by atoms with Crippen LogP contribution in [0.15, 0.2) is 47.4 Å². The second-order valence-electron chi connectivity index (χ2n) is 5.75. The van der Waals surface area contributed by atoms with Crippen LogP contribution >= 0.6 is 11.8 Å². The number of hydrogen-bond acceptors (Lipinski definition) is 4. The lowest BCUT2D eigenvalue weighted by Crippen LogP contribution is -2.26. The highest BCUT2D eigenvalue weighted by atomic mass is 32.2. The average Bonchev–Trinajstić information content (AvgIpc) is 2.65. The van der Waals surface area contributed by atoms with Crippen molar-refractivity contribution in [1.82, 2.24) is 0 Å². The van der Waals surface area contributed by atoms with Gasteiger partial charge in [-0.2, -0.15) is 0 Å². The summed E-state index contributed by atoms with van der Waals surface area (Å²) in [5.74, 6) is -1.03. The molecule has 0 aromatic heterocycles. The Bertz CT molecular complexity index is 814. The van der Waals surface area contributed by atoms with E-state index in [4.69, 9.17) is 4.74 Å². The molecular weight excluding hydrogens is 372 g/mol. The summed E-state index contributed by atoms with van der Waals surface area (Å²) >= 11 is 1.36. The molecule has 144 valence electrons. The highest BCUT2D eigenvalue weighted by molar-refractivity contribution is 7.99. The molecule has 0 spiro atoms. The molecular formula is C20H21F2NO3S. The molecule has 0 aliphatic heterocycles. The van der Waals surface area contributed by atoms with Crippen molar-refractivity contribution in [2.45, 2.75) is 24.7 Å². The minimum absolute atomic E-state index is 0.133. The van der Waals surface area contributed by atoms with Gasteiger partial charge in [0.2, 0.25) is 5.91 Å². The fraction of sp³-hybridized carbons (Fsp3) is 0.300. The Balaban J connectivity index is 1.89. The molecule has 0 unspecified atom stereocenters. The summed E-state index contributed by atoms with van der Waals surface area (Å²) in [5, 5.41) is 0. The van der Waals surface area contributed by atoms with E-state index in [0.717, 1.165) is 6.07 Å². The van der Waals surface area contributed by atoms with Crippen molar-refractivity contribution < 1.29 is 23.1 Å². The average molecular weight is 393 g/mol. The second-order valence-corrected chi connectivity index (χ2v) is 6.88. The van der Waals surface area contributed by atoms with Gasteiger partial charge < -0.3 is 9.64 Å². The lowest BCUT2D eigenvalue weighted by Gasteiger charge is -2.17. The SMILES string of the molecule is CCOC(=O)c1cc(F)ccc1SCCCC(=O)N(C)c1cccc(F)c1. The van der Waals surface area contributed by atoms with Crippen LogP contribution in [-0.2, 0) is 9.53 Å². The van der Waals surface area contributed by atoms with E-state index in [-0.39, 0.29) is 24.5 Å². The van der Waals surface area contributed by atoms with Gasteiger partial charge in [0.15, 0.2) is 0 Å². The van der Waals surface area contributed by atoms with E-state index in [0.29, 0.717) is 22.8 Å². The van der Waals surface area contributed by atoms with E-state index >= 15 is 0 Å². The first kappa shape index (κ1) is 20.9. The number of anilines is 1. The van der Waals surface area contributed by atoms with Crippen LogP contribution in [-0.4, -0.2) is 31.3 Å². The van der Waals surface area contributed by atoms with Gasteiger partial charge in [-0.15, -0.1) is 11.8 Å². The van der Waals surface area contributed by atoms with Crippen molar-refractivity contribution in [1.29, 1.82) is 0 Å². The van der Waals surface area contributed by atoms with Crippen molar-refractivity contribution >= 4 is 29.3 Å². The maximum Gasteiger partial charge on any atom is 0.339 e. The number of carbonyl (C=O) groups is 2. The van der Waals surface area contributed by atoms with Gasteiger partial charge in [-0.05, 0) is 55.5 Å². The van der Waals surface area contributed by atoms with Gasteiger partial charge in [0.1, 0.15) is 11.6 Å². The highest BCUT2D eigenvalue weighted by Crippen LogP contribution is 2.26. The zero-order valence-electron chi connectivity index (χ0n) is 15.2. The molecule has 0 aliphatic carbocycles. The first-order valence-electron chi connectivity index (χ1n) is 8.54. The molecule has 2 aromatic rings. The number of thioether (sulfide) groups is 1. The quantitative estimate of drug-likeness (QED) is 0.371. The summed E-state index contributed by atoms with van der Waals surface area (Å²) < 4.78 is 31.6. The van der Waals surface area contributed by atoms with Crippen LogP contribution in [0.3, 0.4) is 0 Å². The molecule has 0 saturated carbocycles. The van der Waals surface area contributed by atoms with Crippen molar-refractivity contribution in [2.75, 3.05) is 24.3 Å². The number of carbonyl (C=O) groups excluding carboxylic acids is 2. The predicted octanol–water partition coefficient (Wildman–Crippen LogP) is 4.68. The normalized spacial score (nSPS) is 10.5. The first-order chi connectivity index (χ1) is 12.9. The van der Waals surface area contributed by atoms with Crippen LogP contribution in [0.25, 0.3) is 0 Å². The molecule has 4 nitrogen and oxygen atoms in total. The van der Waals surface area contributed by atoms with E-state index in [2.05, 4.69) is 0 Å². The number of esters is 1. The van der Waals surface area contributed by atoms with E-state index in [9.17, 15) is 18.4 Å². The van der Waals surface area contributed by atoms with Crippen molar-refractivity contribution in [3.05, 3.63) is 59.7 Å². The van der Waals surface area contributed by atoms with Gasteiger partial charge in [0, 0.05) is 24.1 Å². The molecule has 0 atom stereocenters. The minimum Gasteiger partial charge on any atom is -0.462 e. The second kappa shape index (κ2) is 10.1. The molecule has 1 amide bonds. The summed E-state index contributed by atoms with van der Waals surface area (Å²) in [6.07, 6.45) is 0.832. The molecule has 7 heteroatoms. The van der Waals surface area contributed by atoms with Crippen LogP contribution in [0.1, 0.15) is 30.1 Å². The number of ether oxygens (including phenoxy) is 1. The summed E-state index contributed by atoms with van der Waals surface area (Å²) in [7, 11) is 1.60. The molecule has 0 aliphatic rings. The van der Waals surface area contributed by atoms with Gasteiger partial charge >= 0.3 is 5.97 Å². The Morgan fingerprint density at radius 3 is 2.56 bits per heavy atom. The lowest BCUT2D eigenvalue weighted by atomic mass is 10.2. The standard InChI is InChI=1S/C20H21F2NO3S/c1-3-26-20(25)17-13-15(22)9-10-18(17)27-11-5-8-19(24)23(2)16-7-4-6-14(21)12-16/h4,6-7,9-10,12-13H,3,5,8,11H2,1-2H3. The summed E-state index contributed by atoms with van der Waals surface area (Å²) in [5.41, 5.74) is 0.681. The molecule has 2 rings (SSSR count). The van der Waals surface area contributed by atoms with Crippen molar-refractivity contribution in [2.24, 2.45) is 0 Å². The fourth-order valence-corrected chi connectivity index (χ4v) is 3.37. The Kier molecular flexibility index (Phi) is 7.79. The van der Waals surface area contributed by atoms with Crippen LogP contribution in [0.5, 0.6) is 0 Å². The van der Waals surface area contributed by atoms with Gasteiger partial charge in [-0.3, -0.25) is 4.79 Å². The summed E-state index contributed by atoms with van der Waals surface area (Å²) in [4.78, 5) is 26.2. The maximum atomic E-state index is 13.4. The number of amides is 1. The Morgan fingerprint density at radius 2 is 1.85 bits per heavy atom. The predicted molar refractivity (Wildman–Crippen MR) is 102 cm³/mol. The third kappa shape index (κ3) is 6.06. The van der Waals surface area contributed by atoms with Gasteiger partial charge in [0.25, 0.3) is 0 Å².